The van der Waals surface area contributed by atoms with Crippen molar-refractivity contribution in [1.82, 2.24) is 5.32 Å². The number of amides is 2. The third-order valence-corrected chi connectivity index (χ3v) is 3.68. The minimum atomic E-state index is -0.998. The van der Waals surface area contributed by atoms with Crippen LogP contribution in [0.5, 0.6) is 0 Å². The van der Waals surface area contributed by atoms with E-state index >= 15 is 0 Å². The summed E-state index contributed by atoms with van der Waals surface area (Å²) in [4.78, 5) is 23.7. The molecule has 0 bridgehead atoms. The fraction of sp³-hybridized carbons (Fsp3) is 0.211. The van der Waals surface area contributed by atoms with Crippen LogP contribution in [0.1, 0.15) is 31.0 Å². The highest BCUT2D eigenvalue weighted by atomic mass is 16.2. The Morgan fingerprint density at radius 3 is 1.78 bits per heavy atom. The molecule has 0 aromatic heterocycles. The molecule has 2 rings (SSSR count). The third kappa shape index (κ3) is 4.42. The zero-order valence-electron chi connectivity index (χ0n) is 13.3. The van der Waals surface area contributed by atoms with Gasteiger partial charge in [0.15, 0.2) is 0 Å². The first kappa shape index (κ1) is 16.7. The fourth-order valence-corrected chi connectivity index (χ4v) is 2.23. The lowest BCUT2D eigenvalue weighted by atomic mass is 9.88. The molecule has 0 atom stereocenters. The number of carbonyl (C=O) groups is 2. The Hall–Kier alpha value is -2.62. The molecule has 0 saturated heterocycles. The average molecular weight is 309 g/mol. The topological polar surface area (TPSA) is 72.2 Å². The summed E-state index contributed by atoms with van der Waals surface area (Å²) in [5, 5.41) is 2.96. The lowest BCUT2D eigenvalue weighted by Gasteiger charge is -2.23. The molecule has 23 heavy (non-hydrogen) atoms. The molecule has 1 radical (unpaired) electrons. The van der Waals surface area contributed by atoms with E-state index in [1.54, 1.807) is 13.8 Å². The smallest absolute Gasteiger partial charge is 0.225 e. The summed E-state index contributed by atoms with van der Waals surface area (Å²) in [5.41, 5.74) is 6.26. The molecule has 2 aromatic rings. The van der Waals surface area contributed by atoms with Crippen LogP contribution in [0, 0.1) is 11.8 Å². The summed E-state index contributed by atoms with van der Waals surface area (Å²) in [6.45, 7) is 3.24. The van der Waals surface area contributed by atoms with E-state index in [0.717, 1.165) is 11.1 Å². The van der Waals surface area contributed by atoms with Crippen LogP contribution < -0.4 is 11.1 Å². The van der Waals surface area contributed by atoms with Gasteiger partial charge in [-0.2, -0.15) is 0 Å². The molecule has 3 N–H and O–H groups in total. The maximum atomic E-state index is 12.3. The molecule has 0 spiro atoms. The van der Waals surface area contributed by atoms with Gasteiger partial charge in [0.25, 0.3) is 0 Å². The summed E-state index contributed by atoms with van der Waals surface area (Å²) >= 11 is 0. The molecular formula is C19H21N2O2. The van der Waals surface area contributed by atoms with Gasteiger partial charge in [0.1, 0.15) is 0 Å². The highest BCUT2D eigenvalue weighted by molar-refractivity contribution is 5.94. The lowest BCUT2D eigenvalue weighted by Crippen LogP contribution is -2.39. The SMILES string of the molecule is CC(C)([CH]C(=O)NC(c1ccccc1)c1ccccc1)C(N)=O. The van der Waals surface area contributed by atoms with E-state index in [1.807, 2.05) is 60.7 Å². The molecule has 4 nitrogen and oxygen atoms in total. The van der Waals surface area contributed by atoms with E-state index in [2.05, 4.69) is 5.32 Å². The van der Waals surface area contributed by atoms with Gasteiger partial charge in [-0.25, -0.2) is 0 Å². The van der Waals surface area contributed by atoms with Gasteiger partial charge >= 0.3 is 0 Å². The number of hydrogen-bond acceptors (Lipinski definition) is 2. The number of nitrogens with one attached hydrogen (secondary N) is 1. The molecular weight excluding hydrogens is 288 g/mol. The van der Waals surface area contributed by atoms with Crippen LogP contribution in [0.2, 0.25) is 0 Å². The molecule has 0 unspecified atom stereocenters. The first-order valence-electron chi connectivity index (χ1n) is 7.46. The van der Waals surface area contributed by atoms with Crippen LogP contribution in [-0.4, -0.2) is 11.8 Å². The molecule has 0 fully saturated rings. The summed E-state index contributed by atoms with van der Waals surface area (Å²) < 4.78 is 0. The fourth-order valence-electron chi connectivity index (χ4n) is 2.23. The van der Waals surface area contributed by atoms with E-state index in [0.29, 0.717) is 0 Å². The predicted octanol–water partition coefficient (Wildman–Crippen LogP) is 2.61. The maximum absolute atomic E-state index is 12.3. The van der Waals surface area contributed by atoms with Crippen LogP contribution in [0.25, 0.3) is 0 Å². The van der Waals surface area contributed by atoms with Crippen molar-refractivity contribution in [2.24, 2.45) is 11.1 Å². The molecule has 0 aliphatic carbocycles. The van der Waals surface area contributed by atoms with Crippen molar-refractivity contribution in [2.45, 2.75) is 19.9 Å². The Morgan fingerprint density at radius 1 is 0.957 bits per heavy atom. The molecule has 0 aliphatic heterocycles. The van der Waals surface area contributed by atoms with Crippen molar-refractivity contribution in [2.75, 3.05) is 0 Å². The molecule has 2 amide bonds. The Morgan fingerprint density at radius 2 is 1.39 bits per heavy atom. The van der Waals surface area contributed by atoms with Crippen molar-refractivity contribution >= 4 is 11.8 Å². The third-order valence-electron chi connectivity index (χ3n) is 3.68. The molecule has 0 heterocycles. The Bertz CT molecular complexity index is 627. The number of rotatable bonds is 6. The second-order valence-electron chi connectivity index (χ2n) is 5.99. The van der Waals surface area contributed by atoms with Crippen molar-refractivity contribution in [3.63, 3.8) is 0 Å². The second-order valence-corrected chi connectivity index (χ2v) is 5.99. The highest BCUT2D eigenvalue weighted by Gasteiger charge is 2.30. The van der Waals surface area contributed by atoms with E-state index in [1.165, 1.54) is 6.42 Å². The summed E-state index contributed by atoms with van der Waals surface area (Å²) in [6.07, 6.45) is 1.33. The Balaban J connectivity index is 2.23. The van der Waals surface area contributed by atoms with Crippen molar-refractivity contribution in [1.29, 1.82) is 0 Å². The van der Waals surface area contributed by atoms with Crippen molar-refractivity contribution in [3.8, 4) is 0 Å². The highest BCUT2D eigenvalue weighted by Crippen LogP contribution is 2.24. The van der Waals surface area contributed by atoms with E-state index in [4.69, 9.17) is 5.73 Å². The summed E-state index contributed by atoms with van der Waals surface area (Å²) in [6, 6.07) is 19.1. The van der Waals surface area contributed by atoms with E-state index < -0.39 is 11.3 Å². The van der Waals surface area contributed by atoms with Crippen LogP contribution in [0.15, 0.2) is 60.7 Å². The van der Waals surface area contributed by atoms with Crippen LogP contribution in [0.4, 0.5) is 0 Å². The average Bonchev–Trinajstić information content (AvgIpc) is 2.53. The zero-order valence-corrected chi connectivity index (χ0v) is 13.3. The van der Waals surface area contributed by atoms with Crippen molar-refractivity contribution in [3.05, 3.63) is 78.2 Å². The van der Waals surface area contributed by atoms with Crippen LogP contribution in [-0.2, 0) is 9.59 Å². The van der Waals surface area contributed by atoms with Crippen LogP contribution in [0.3, 0.4) is 0 Å². The second kappa shape index (κ2) is 7.09. The molecule has 0 aliphatic rings. The van der Waals surface area contributed by atoms with Gasteiger partial charge in [-0.05, 0) is 11.1 Å². The maximum Gasteiger partial charge on any atom is 0.225 e. The van der Waals surface area contributed by atoms with Gasteiger partial charge in [-0.3, -0.25) is 9.59 Å². The first-order chi connectivity index (χ1) is 10.9. The van der Waals surface area contributed by atoms with E-state index in [9.17, 15) is 9.59 Å². The number of primary amides is 1. The Labute approximate surface area is 136 Å². The minimum absolute atomic E-state index is 0.287. The summed E-state index contributed by atoms with van der Waals surface area (Å²) in [7, 11) is 0. The van der Waals surface area contributed by atoms with Crippen LogP contribution >= 0.6 is 0 Å². The van der Waals surface area contributed by atoms with Gasteiger partial charge in [-0.15, -0.1) is 0 Å². The lowest BCUT2D eigenvalue weighted by molar-refractivity contribution is -0.128. The van der Waals surface area contributed by atoms with Crippen molar-refractivity contribution < 1.29 is 9.59 Å². The van der Waals surface area contributed by atoms with Gasteiger partial charge in [0.05, 0.1) is 17.9 Å². The number of nitrogens with two attached hydrogens (primary N) is 1. The normalized spacial score (nSPS) is 11.3. The largest absolute Gasteiger partial charge is 0.369 e. The number of carbonyl (C=O) groups excluding carboxylic acids is 2. The number of benzene rings is 2. The Kier molecular flexibility index (Phi) is 5.16. The molecule has 4 heteroatoms. The molecule has 2 aromatic carbocycles. The van der Waals surface area contributed by atoms with E-state index in [-0.39, 0.29) is 11.9 Å². The number of hydrogen-bond donors (Lipinski definition) is 2. The first-order valence-corrected chi connectivity index (χ1v) is 7.46. The zero-order chi connectivity index (χ0) is 16.9. The van der Waals surface area contributed by atoms with Gasteiger partial charge in [-0.1, -0.05) is 74.5 Å². The monoisotopic (exact) mass is 309 g/mol. The summed E-state index contributed by atoms with van der Waals surface area (Å²) in [5.74, 6) is -0.866. The van der Waals surface area contributed by atoms with Gasteiger partial charge < -0.3 is 11.1 Å². The molecule has 119 valence electrons. The quantitative estimate of drug-likeness (QED) is 0.861. The molecule has 0 saturated carbocycles. The minimum Gasteiger partial charge on any atom is -0.369 e. The van der Waals surface area contributed by atoms with Gasteiger partial charge in [0.2, 0.25) is 11.8 Å². The predicted molar refractivity (Wildman–Crippen MR) is 90.1 cm³/mol. The van der Waals surface area contributed by atoms with Gasteiger partial charge in [0, 0.05) is 0 Å². The standard InChI is InChI=1S/C19H21N2O2/c1-19(2,18(20)23)13-16(22)21-17(14-9-5-3-6-10-14)15-11-7-4-8-12-15/h3-13,17H,1-2H3,(H2,20,23)(H,21,22).